The van der Waals surface area contributed by atoms with Crippen molar-refractivity contribution in [3.8, 4) is 18.1 Å². The number of benzene rings is 1. The molecule has 1 fully saturated rings. The van der Waals surface area contributed by atoms with E-state index in [4.69, 9.17) is 11.2 Å². The van der Waals surface area contributed by atoms with Crippen LogP contribution in [-0.2, 0) is 16.1 Å². The van der Waals surface area contributed by atoms with Gasteiger partial charge in [0.25, 0.3) is 5.91 Å². The van der Waals surface area contributed by atoms with E-state index in [9.17, 15) is 14.4 Å². The van der Waals surface area contributed by atoms with Crippen LogP contribution in [0, 0.1) is 19.3 Å². The van der Waals surface area contributed by atoms with Crippen molar-refractivity contribution in [2.24, 2.45) is 0 Å². The predicted octanol–water partition coefficient (Wildman–Crippen LogP) is 0.810. The van der Waals surface area contributed by atoms with E-state index in [1.54, 1.807) is 26.0 Å². The van der Waals surface area contributed by atoms with Crippen molar-refractivity contribution in [3.63, 3.8) is 0 Å². The molecule has 2 rings (SSSR count). The Morgan fingerprint density at radius 2 is 2.08 bits per heavy atom. The van der Waals surface area contributed by atoms with Gasteiger partial charge >= 0.3 is 6.03 Å². The second-order valence-electron chi connectivity index (χ2n) is 5.23. The molecule has 4 amide bonds. The molecule has 0 spiro atoms. The molecule has 0 aromatic heterocycles. The van der Waals surface area contributed by atoms with Crippen LogP contribution in [0.3, 0.4) is 0 Å². The molecule has 1 heterocycles. The monoisotopic (exact) mass is 331 g/mol. The molecule has 2 N–H and O–H groups in total. The number of hydrogen-bond acceptors (Lipinski definition) is 4. The van der Waals surface area contributed by atoms with Gasteiger partial charge in [-0.3, -0.25) is 14.9 Å². The second kappa shape index (κ2) is 8.58. The summed E-state index contributed by atoms with van der Waals surface area (Å²) in [5.41, 5.74) is 2.29. The van der Waals surface area contributed by atoms with E-state index in [0.717, 1.165) is 16.9 Å². The van der Waals surface area contributed by atoms with Crippen LogP contribution in [0.25, 0.3) is 0 Å². The highest BCUT2D eigenvalue weighted by Crippen LogP contribution is 2.17. The summed E-state index contributed by atoms with van der Waals surface area (Å²) in [6, 6.07) is 4.58. The maximum absolute atomic E-state index is 11.1. The zero-order valence-corrected chi connectivity index (χ0v) is 14.2. The summed E-state index contributed by atoms with van der Waals surface area (Å²) in [4.78, 5) is 33.5. The Hall–Kier alpha value is -3.01. The molecule has 1 saturated heterocycles. The van der Waals surface area contributed by atoms with Gasteiger partial charge in [-0.15, -0.1) is 6.42 Å². The van der Waals surface area contributed by atoms with E-state index in [1.807, 2.05) is 30.4 Å². The van der Waals surface area contributed by atoms with Gasteiger partial charge in [0.2, 0.25) is 5.91 Å². The van der Waals surface area contributed by atoms with Gasteiger partial charge in [0.1, 0.15) is 5.75 Å². The molecule has 128 valence electrons. The first-order valence-electron chi connectivity index (χ1n) is 7.21. The van der Waals surface area contributed by atoms with Crippen LogP contribution in [-0.4, -0.2) is 42.9 Å². The molecule has 7 nitrogen and oxygen atoms in total. The third-order valence-corrected chi connectivity index (χ3v) is 3.44. The Morgan fingerprint density at radius 1 is 1.42 bits per heavy atom. The van der Waals surface area contributed by atoms with Crippen LogP contribution >= 0.6 is 0 Å². The van der Waals surface area contributed by atoms with Crippen LogP contribution in [0.5, 0.6) is 5.75 Å². The van der Waals surface area contributed by atoms with E-state index >= 15 is 0 Å². The number of carbonyl (C=O) groups is 3. The number of amides is 4. The number of carbonyl (C=O) groups excluding carboxylic acids is 3. The first-order valence-corrected chi connectivity index (χ1v) is 7.21. The molecule has 7 heteroatoms. The first-order chi connectivity index (χ1) is 11.3. The van der Waals surface area contributed by atoms with Gasteiger partial charge in [-0.05, 0) is 30.2 Å². The largest absolute Gasteiger partial charge is 0.497 e. The maximum Gasteiger partial charge on any atom is 0.322 e. The van der Waals surface area contributed by atoms with Gasteiger partial charge in [0, 0.05) is 20.5 Å². The quantitative estimate of drug-likeness (QED) is 0.634. The molecule has 1 atom stereocenters. The Morgan fingerprint density at radius 3 is 2.46 bits per heavy atom. The molecule has 1 aliphatic heterocycles. The van der Waals surface area contributed by atoms with Gasteiger partial charge in [-0.2, -0.15) is 0 Å². The lowest BCUT2D eigenvalue weighted by Crippen LogP contribution is -2.26. The number of rotatable bonds is 3. The summed E-state index contributed by atoms with van der Waals surface area (Å²) in [6.45, 7) is 4.23. The number of nitrogens with zero attached hydrogens (tertiary/aromatic N) is 1. The molecule has 0 saturated carbocycles. The Balaban J connectivity index is 0.000000272. The third-order valence-electron chi connectivity index (χ3n) is 3.44. The molecule has 24 heavy (non-hydrogen) atoms. The van der Waals surface area contributed by atoms with Crippen molar-refractivity contribution < 1.29 is 19.1 Å². The zero-order valence-electron chi connectivity index (χ0n) is 14.2. The SMILES string of the molecule is C#C[C@@H]1NC(=O)NC1=O.COc1ccc(CN(C)C(C)=O)c(C)c1. The summed E-state index contributed by atoms with van der Waals surface area (Å²) < 4.78 is 5.12. The highest BCUT2D eigenvalue weighted by Gasteiger charge is 2.26. The lowest BCUT2D eigenvalue weighted by atomic mass is 10.1. The van der Waals surface area contributed by atoms with Crippen molar-refractivity contribution in [3.05, 3.63) is 29.3 Å². The molecule has 0 unspecified atom stereocenters. The molecule has 1 aliphatic rings. The lowest BCUT2D eigenvalue weighted by Gasteiger charge is -2.16. The number of ether oxygens (including phenoxy) is 1. The van der Waals surface area contributed by atoms with E-state index in [0.29, 0.717) is 6.54 Å². The average Bonchev–Trinajstić information content (AvgIpc) is 2.87. The first kappa shape index (κ1) is 19.0. The molecule has 0 bridgehead atoms. The minimum atomic E-state index is -0.780. The minimum absolute atomic E-state index is 0.0743. The van der Waals surface area contributed by atoms with Crippen LogP contribution in [0.2, 0.25) is 0 Å². The standard InChI is InChI=1S/C12H17NO2.C5H4N2O2/c1-9-7-12(15-4)6-5-11(9)8-13(3)10(2)14;1-2-3-4(8)7-5(9)6-3/h5-7H,8H2,1-4H3;1,3H,(H2,6,7,8,9)/t;3-/m.0/s1. The van der Waals surface area contributed by atoms with E-state index in [2.05, 4.69) is 11.2 Å². The fourth-order valence-corrected chi connectivity index (χ4v) is 1.87. The molecular weight excluding hydrogens is 310 g/mol. The number of terminal acetylenes is 1. The van der Waals surface area contributed by atoms with E-state index in [1.165, 1.54) is 0 Å². The van der Waals surface area contributed by atoms with Gasteiger partial charge < -0.3 is 15.0 Å². The van der Waals surface area contributed by atoms with Gasteiger partial charge in [0.05, 0.1) is 7.11 Å². The fourth-order valence-electron chi connectivity index (χ4n) is 1.87. The maximum atomic E-state index is 11.1. The lowest BCUT2D eigenvalue weighted by molar-refractivity contribution is -0.128. The summed E-state index contributed by atoms with van der Waals surface area (Å²) >= 11 is 0. The van der Waals surface area contributed by atoms with Gasteiger partial charge in [-0.1, -0.05) is 12.0 Å². The van der Waals surface area contributed by atoms with Crippen molar-refractivity contribution in [2.45, 2.75) is 26.4 Å². The Labute approximate surface area is 141 Å². The second-order valence-corrected chi connectivity index (χ2v) is 5.23. The smallest absolute Gasteiger partial charge is 0.322 e. The number of methoxy groups -OCH3 is 1. The molecule has 1 aromatic rings. The number of imide groups is 1. The van der Waals surface area contributed by atoms with Crippen molar-refractivity contribution in [1.29, 1.82) is 0 Å². The average molecular weight is 331 g/mol. The van der Waals surface area contributed by atoms with Gasteiger partial charge in [-0.25, -0.2) is 4.79 Å². The Kier molecular flexibility index (Phi) is 6.80. The minimum Gasteiger partial charge on any atom is -0.497 e. The summed E-state index contributed by atoms with van der Waals surface area (Å²) in [7, 11) is 3.45. The number of aryl methyl sites for hydroxylation is 1. The molecule has 0 radical (unpaired) electrons. The normalized spacial score (nSPS) is 15.4. The number of urea groups is 1. The van der Waals surface area contributed by atoms with Crippen LogP contribution < -0.4 is 15.4 Å². The molecule has 1 aromatic carbocycles. The van der Waals surface area contributed by atoms with Crippen molar-refractivity contribution >= 4 is 17.8 Å². The number of nitrogens with one attached hydrogen (secondary N) is 2. The van der Waals surface area contributed by atoms with Crippen LogP contribution in [0.4, 0.5) is 4.79 Å². The predicted molar refractivity (Wildman–Crippen MR) is 89.2 cm³/mol. The van der Waals surface area contributed by atoms with E-state index < -0.39 is 18.0 Å². The van der Waals surface area contributed by atoms with Crippen LogP contribution in [0.1, 0.15) is 18.1 Å². The topological polar surface area (TPSA) is 87.7 Å². The summed E-state index contributed by atoms with van der Waals surface area (Å²) in [5, 5.41) is 4.20. The summed E-state index contributed by atoms with van der Waals surface area (Å²) in [5.74, 6) is 2.57. The summed E-state index contributed by atoms with van der Waals surface area (Å²) in [6.07, 6.45) is 4.86. The molecule has 0 aliphatic carbocycles. The zero-order chi connectivity index (χ0) is 18.3. The Bertz CT molecular complexity index is 679. The van der Waals surface area contributed by atoms with Crippen LogP contribution in [0.15, 0.2) is 18.2 Å². The van der Waals surface area contributed by atoms with Crippen molar-refractivity contribution in [1.82, 2.24) is 15.5 Å². The third kappa shape index (κ3) is 5.32. The number of hydrogen-bond donors (Lipinski definition) is 2. The van der Waals surface area contributed by atoms with Crippen molar-refractivity contribution in [2.75, 3.05) is 14.2 Å². The highest BCUT2D eigenvalue weighted by molar-refractivity contribution is 6.05. The fraction of sp³-hybridized carbons (Fsp3) is 0.353. The molecular formula is C17H21N3O4. The van der Waals surface area contributed by atoms with E-state index in [-0.39, 0.29) is 5.91 Å². The highest BCUT2D eigenvalue weighted by atomic mass is 16.5. The van der Waals surface area contributed by atoms with Gasteiger partial charge in [0.15, 0.2) is 6.04 Å².